The van der Waals surface area contributed by atoms with E-state index < -0.39 is 0 Å². The highest BCUT2D eigenvalue weighted by Crippen LogP contribution is 2.17. The van der Waals surface area contributed by atoms with Gasteiger partial charge in [-0.1, -0.05) is 0 Å². The second-order valence-electron chi connectivity index (χ2n) is 3.90. The van der Waals surface area contributed by atoms with E-state index in [0.29, 0.717) is 0 Å². The van der Waals surface area contributed by atoms with Gasteiger partial charge in [0.2, 0.25) is 0 Å². The predicted molar refractivity (Wildman–Crippen MR) is 58.9 cm³/mol. The van der Waals surface area contributed by atoms with E-state index in [2.05, 4.69) is 43.5 Å². The Morgan fingerprint density at radius 2 is 2.21 bits per heavy atom. The second kappa shape index (κ2) is 5.17. The molecule has 1 aliphatic rings. The summed E-state index contributed by atoms with van der Waals surface area (Å²) in [6.45, 7) is 3.21. The minimum absolute atomic E-state index is 0.0399. The van der Waals surface area contributed by atoms with Crippen molar-refractivity contribution in [2.75, 3.05) is 27.7 Å². The molecule has 0 spiro atoms. The molecule has 0 saturated carbocycles. The van der Waals surface area contributed by atoms with Gasteiger partial charge in [0.25, 0.3) is 0 Å². The van der Waals surface area contributed by atoms with Crippen LogP contribution in [0.1, 0.15) is 13.3 Å². The summed E-state index contributed by atoms with van der Waals surface area (Å²) in [5, 5.41) is 3.19. The van der Waals surface area contributed by atoms with Crippen LogP contribution in [-0.2, 0) is 4.74 Å². The minimum atomic E-state index is 0.0399. The Kier molecular flexibility index (Phi) is 4.17. The molecule has 3 heteroatoms. The highest BCUT2D eigenvalue weighted by Gasteiger charge is 2.10. The van der Waals surface area contributed by atoms with Crippen molar-refractivity contribution < 1.29 is 4.74 Å². The Bertz CT molecular complexity index is 244. The van der Waals surface area contributed by atoms with Crippen molar-refractivity contribution in [3.05, 3.63) is 23.4 Å². The van der Waals surface area contributed by atoms with Gasteiger partial charge < -0.3 is 15.0 Å². The first-order chi connectivity index (χ1) is 6.63. The van der Waals surface area contributed by atoms with Gasteiger partial charge in [0.15, 0.2) is 0 Å². The van der Waals surface area contributed by atoms with Crippen LogP contribution in [0, 0.1) is 0 Å². The summed E-state index contributed by atoms with van der Waals surface area (Å²) in [6.07, 6.45) is 5.30. The van der Waals surface area contributed by atoms with Crippen LogP contribution in [0.5, 0.6) is 0 Å². The fourth-order valence-electron chi connectivity index (χ4n) is 1.43. The van der Waals surface area contributed by atoms with Crippen LogP contribution >= 0.6 is 0 Å². The molecule has 0 aromatic carbocycles. The van der Waals surface area contributed by atoms with E-state index in [9.17, 15) is 0 Å². The number of nitrogens with one attached hydrogen (secondary N) is 1. The molecule has 1 N–H and O–H groups in total. The first-order valence-electron chi connectivity index (χ1n) is 4.95. The van der Waals surface area contributed by atoms with E-state index in [0.717, 1.165) is 13.0 Å². The van der Waals surface area contributed by atoms with Gasteiger partial charge >= 0.3 is 0 Å². The van der Waals surface area contributed by atoms with Crippen molar-refractivity contribution in [1.82, 2.24) is 10.2 Å². The zero-order valence-electron chi connectivity index (χ0n) is 9.50. The Balaban J connectivity index is 2.48. The molecule has 0 aliphatic carbocycles. The molecular formula is C11H20N2O. The predicted octanol–water partition coefficient (Wildman–Crippen LogP) is 1.34. The largest absolute Gasteiger partial charge is 0.363 e. The maximum Gasteiger partial charge on any atom is 0.146 e. The molecule has 1 atom stereocenters. The molecule has 3 nitrogen and oxygen atoms in total. The highest BCUT2D eigenvalue weighted by atomic mass is 16.5. The van der Waals surface area contributed by atoms with Crippen LogP contribution < -0.4 is 5.32 Å². The lowest BCUT2D eigenvalue weighted by Crippen LogP contribution is -2.28. The summed E-state index contributed by atoms with van der Waals surface area (Å²) >= 11 is 0. The number of allylic oxidation sites excluding steroid dienone is 1. The average molecular weight is 196 g/mol. The number of dihydropyridines is 1. The Morgan fingerprint density at radius 1 is 1.50 bits per heavy atom. The highest BCUT2D eigenvalue weighted by molar-refractivity contribution is 5.32. The van der Waals surface area contributed by atoms with Crippen molar-refractivity contribution in [2.45, 2.75) is 19.6 Å². The number of ether oxygens (including phenoxy) is 1. The Morgan fingerprint density at radius 3 is 2.71 bits per heavy atom. The van der Waals surface area contributed by atoms with Gasteiger partial charge in [0.1, 0.15) is 6.23 Å². The van der Waals surface area contributed by atoms with Gasteiger partial charge in [-0.25, -0.2) is 0 Å². The van der Waals surface area contributed by atoms with Crippen molar-refractivity contribution in [3.8, 4) is 0 Å². The molecule has 0 bridgehead atoms. The number of rotatable bonds is 4. The van der Waals surface area contributed by atoms with Crippen LogP contribution in [0.15, 0.2) is 23.4 Å². The van der Waals surface area contributed by atoms with E-state index in [4.69, 9.17) is 4.74 Å². The van der Waals surface area contributed by atoms with Gasteiger partial charge in [0.05, 0.1) is 0 Å². The summed E-state index contributed by atoms with van der Waals surface area (Å²) < 4.78 is 5.19. The van der Waals surface area contributed by atoms with Crippen molar-refractivity contribution in [3.63, 3.8) is 0 Å². The van der Waals surface area contributed by atoms with Crippen LogP contribution in [0.4, 0.5) is 0 Å². The zero-order valence-corrected chi connectivity index (χ0v) is 9.50. The fourth-order valence-corrected chi connectivity index (χ4v) is 1.43. The van der Waals surface area contributed by atoms with Gasteiger partial charge in [-0.15, -0.1) is 0 Å². The molecule has 1 unspecified atom stereocenters. The first-order valence-corrected chi connectivity index (χ1v) is 4.95. The van der Waals surface area contributed by atoms with Crippen molar-refractivity contribution in [2.24, 2.45) is 0 Å². The Labute approximate surface area is 86.4 Å². The number of hydrogen-bond acceptors (Lipinski definition) is 3. The smallest absolute Gasteiger partial charge is 0.146 e. The molecule has 0 radical (unpaired) electrons. The molecule has 1 rings (SSSR count). The number of methoxy groups -OCH3 is 1. The van der Waals surface area contributed by atoms with Gasteiger partial charge in [-0.2, -0.15) is 0 Å². The van der Waals surface area contributed by atoms with Crippen LogP contribution in [0.2, 0.25) is 0 Å². The molecule has 1 heterocycles. The lowest BCUT2D eigenvalue weighted by molar-refractivity contribution is 0.122. The molecule has 0 fully saturated rings. The van der Waals surface area contributed by atoms with Crippen molar-refractivity contribution >= 4 is 0 Å². The maximum absolute atomic E-state index is 5.19. The van der Waals surface area contributed by atoms with Gasteiger partial charge in [0, 0.05) is 19.9 Å². The molecule has 0 aromatic heterocycles. The quantitative estimate of drug-likeness (QED) is 0.734. The van der Waals surface area contributed by atoms with E-state index in [1.54, 1.807) is 7.11 Å². The molecule has 0 aromatic rings. The minimum Gasteiger partial charge on any atom is -0.363 e. The van der Waals surface area contributed by atoms with Crippen LogP contribution in [0.3, 0.4) is 0 Å². The average Bonchev–Trinajstić information content (AvgIpc) is 2.15. The standard InChI is InChI=1S/C11H20N2O/c1-9-7-11(14-4)12-8-10(9)5-6-13(2)3/h7-8,11-12H,5-6H2,1-4H3. The summed E-state index contributed by atoms with van der Waals surface area (Å²) in [5.41, 5.74) is 2.68. The van der Waals surface area contributed by atoms with Crippen LogP contribution in [0.25, 0.3) is 0 Å². The monoisotopic (exact) mass is 196 g/mol. The number of nitrogens with zero attached hydrogens (tertiary/aromatic N) is 1. The topological polar surface area (TPSA) is 24.5 Å². The third kappa shape index (κ3) is 3.16. The molecule has 14 heavy (non-hydrogen) atoms. The summed E-state index contributed by atoms with van der Waals surface area (Å²) in [6, 6.07) is 0. The number of hydrogen-bond donors (Lipinski definition) is 1. The van der Waals surface area contributed by atoms with Crippen molar-refractivity contribution in [1.29, 1.82) is 0 Å². The van der Waals surface area contributed by atoms with E-state index in [-0.39, 0.29) is 6.23 Å². The third-order valence-electron chi connectivity index (χ3n) is 2.41. The first kappa shape index (κ1) is 11.3. The lowest BCUT2D eigenvalue weighted by Gasteiger charge is -2.21. The molecular weight excluding hydrogens is 176 g/mol. The normalized spacial score (nSPS) is 21.6. The Hall–Kier alpha value is -0.800. The third-order valence-corrected chi connectivity index (χ3v) is 2.41. The summed E-state index contributed by atoms with van der Waals surface area (Å²) in [5.74, 6) is 0. The van der Waals surface area contributed by atoms with Gasteiger partial charge in [-0.3, -0.25) is 0 Å². The van der Waals surface area contributed by atoms with E-state index in [1.165, 1.54) is 11.1 Å². The molecule has 0 amide bonds. The summed E-state index contributed by atoms with van der Waals surface area (Å²) in [4.78, 5) is 2.19. The lowest BCUT2D eigenvalue weighted by atomic mass is 10.0. The van der Waals surface area contributed by atoms with E-state index in [1.807, 2.05) is 0 Å². The maximum atomic E-state index is 5.19. The molecule has 1 aliphatic heterocycles. The second-order valence-corrected chi connectivity index (χ2v) is 3.90. The van der Waals surface area contributed by atoms with E-state index >= 15 is 0 Å². The fraction of sp³-hybridized carbons (Fsp3) is 0.636. The SMILES string of the molecule is COC1C=C(C)C(CCN(C)C)=CN1. The van der Waals surface area contributed by atoms with Gasteiger partial charge in [-0.05, 0) is 44.7 Å². The van der Waals surface area contributed by atoms with Crippen LogP contribution in [-0.4, -0.2) is 38.9 Å². The summed E-state index contributed by atoms with van der Waals surface area (Å²) in [7, 11) is 5.89. The zero-order chi connectivity index (χ0) is 10.6. The molecule has 80 valence electrons. The molecule has 0 saturated heterocycles.